The minimum atomic E-state index is -0.997. The summed E-state index contributed by atoms with van der Waals surface area (Å²) in [4.78, 5) is 0. The summed E-state index contributed by atoms with van der Waals surface area (Å²) < 4.78 is 3.64. The molecule has 0 atom stereocenters. The molecule has 0 bridgehead atoms. The summed E-state index contributed by atoms with van der Waals surface area (Å²) in [7, 11) is 0. The summed E-state index contributed by atoms with van der Waals surface area (Å²) in [5, 5.41) is 0. The second kappa shape index (κ2) is 5.18. The van der Waals surface area contributed by atoms with E-state index in [1.165, 1.54) is 0 Å². The Morgan fingerprint density at radius 1 is 0.524 bits per heavy atom. The van der Waals surface area contributed by atoms with Crippen LogP contribution in [0, 0.1) is 10.8 Å². The van der Waals surface area contributed by atoms with Gasteiger partial charge in [0.05, 0.1) is 0 Å². The van der Waals surface area contributed by atoms with E-state index >= 15 is 0 Å². The second-order valence-electron chi connectivity index (χ2n) is 7.88. The van der Waals surface area contributed by atoms with Gasteiger partial charge in [-0.25, -0.2) is 0 Å². The molecule has 0 aliphatic heterocycles. The van der Waals surface area contributed by atoms with Crippen LogP contribution in [-0.4, -0.2) is 0 Å². The zero-order valence-corrected chi connectivity index (χ0v) is 19.1. The van der Waals surface area contributed by atoms with Gasteiger partial charge in [-0.05, 0) is 0 Å². The van der Waals surface area contributed by atoms with Gasteiger partial charge in [-0.2, -0.15) is 0 Å². The maximum atomic E-state index is 2.44. The van der Waals surface area contributed by atoms with Gasteiger partial charge in [-0.1, -0.05) is 0 Å². The van der Waals surface area contributed by atoms with Crippen LogP contribution in [0.15, 0.2) is 40.1 Å². The molecule has 0 aromatic carbocycles. The van der Waals surface area contributed by atoms with Crippen molar-refractivity contribution in [2.24, 2.45) is 10.8 Å². The zero-order valence-electron chi connectivity index (χ0n) is 15.5. The SMILES string of the molecule is CC1=C(C)C(C)(C)[C]([Hf][C]2=C(C)C(C)=C(C)C2(C)C)=C1C. The van der Waals surface area contributed by atoms with Gasteiger partial charge in [0.1, 0.15) is 0 Å². The van der Waals surface area contributed by atoms with Gasteiger partial charge < -0.3 is 0 Å². The van der Waals surface area contributed by atoms with Gasteiger partial charge in [0, 0.05) is 0 Å². The van der Waals surface area contributed by atoms with Gasteiger partial charge in [-0.3, -0.25) is 0 Å². The summed E-state index contributed by atoms with van der Waals surface area (Å²) in [5.41, 5.74) is 10.1. The van der Waals surface area contributed by atoms with Crippen molar-refractivity contribution in [3.63, 3.8) is 0 Å². The van der Waals surface area contributed by atoms with Crippen LogP contribution in [0.5, 0.6) is 0 Å². The summed E-state index contributed by atoms with van der Waals surface area (Å²) in [6.07, 6.45) is 0. The van der Waals surface area contributed by atoms with E-state index < -0.39 is 22.9 Å². The molecule has 0 heterocycles. The number of hydrogen-bond acceptors (Lipinski definition) is 0. The van der Waals surface area contributed by atoms with Crippen LogP contribution < -0.4 is 0 Å². The van der Waals surface area contributed by atoms with E-state index in [-0.39, 0.29) is 0 Å². The van der Waals surface area contributed by atoms with Crippen molar-refractivity contribution in [1.82, 2.24) is 0 Å². The molecule has 0 saturated heterocycles. The average molecular weight is 449 g/mol. The van der Waals surface area contributed by atoms with E-state index in [1.54, 1.807) is 33.4 Å². The molecule has 0 fully saturated rings. The van der Waals surface area contributed by atoms with E-state index in [4.69, 9.17) is 0 Å². The fraction of sp³-hybridized carbons (Fsp3) is 0.600. The Kier molecular flexibility index (Phi) is 4.24. The third kappa shape index (κ3) is 2.35. The van der Waals surface area contributed by atoms with Crippen LogP contribution in [0.4, 0.5) is 0 Å². The van der Waals surface area contributed by atoms with Crippen molar-refractivity contribution in [3.8, 4) is 0 Å². The van der Waals surface area contributed by atoms with Crippen molar-refractivity contribution in [2.75, 3.05) is 0 Å². The van der Waals surface area contributed by atoms with E-state index in [0.717, 1.165) is 0 Å². The molecule has 0 spiro atoms. The molecule has 0 radical (unpaired) electrons. The van der Waals surface area contributed by atoms with E-state index in [2.05, 4.69) is 69.2 Å². The minimum absolute atomic E-state index is 0.297. The summed E-state index contributed by atoms with van der Waals surface area (Å²) >= 11 is -0.997. The Morgan fingerprint density at radius 3 is 1.00 bits per heavy atom. The zero-order chi connectivity index (χ0) is 16.3. The molecular formula is C20H30Hf. The summed E-state index contributed by atoms with van der Waals surface area (Å²) in [6.45, 7) is 23.8. The molecule has 21 heavy (non-hydrogen) atoms. The van der Waals surface area contributed by atoms with E-state index in [0.29, 0.717) is 10.8 Å². The maximum absolute atomic E-state index is 2.44. The third-order valence-electron chi connectivity index (χ3n) is 6.38. The Hall–Kier alpha value is -0.170. The molecule has 1 heteroatoms. The van der Waals surface area contributed by atoms with Gasteiger partial charge in [-0.15, -0.1) is 0 Å². The molecular weight excluding hydrogens is 419 g/mol. The van der Waals surface area contributed by atoms with Crippen LogP contribution >= 0.6 is 0 Å². The first-order valence-electron chi connectivity index (χ1n) is 8.00. The predicted molar refractivity (Wildman–Crippen MR) is 89.7 cm³/mol. The van der Waals surface area contributed by atoms with Crippen LogP contribution in [0.1, 0.15) is 69.2 Å². The first-order chi connectivity index (χ1) is 9.44. The molecule has 0 amide bonds. The van der Waals surface area contributed by atoms with Gasteiger partial charge in [0.15, 0.2) is 0 Å². The quantitative estimate of drug-likeness (QED) is 0.430. The van der Waals surface area contributed by atoms with Gasteiger partial charge in [0.25, 0.3) is 0 Å². The molecule has 114 valence electrons. The predicted octanol–water partition coefficient (Wildman–Crippen LogP) is 6.37. The first-order valence-corrected chi connectivity index (χ1v) is 11.6. The van der Waals surface area contributed by atoms with Crippen molar-refractivity contribution >= 4 is 0 Å². The van der Waals surface area contributed by atoms with E-state index in [1.807, 2.05) is 6.66 Å². The Labute approximate surface area is 142 Å². The van der Waals surface area contributed by atoms with Crippen molar-refractivity contribution < 1.29 is 22.9 Å². The molecule has 2 aliphatic carbocycles. The number of allylic oxidation sites excluding steroid dienone is 8. The molecule has 2 aliphatic rings. The molecule has 2 rings (SSSR count). The fourth-order valence-corrected chi connectivity index (χ4v) is 11.0. The molecule has 0 nitrogen and oxygen atoms in total. The first kappa shape index (κ1) is 17.2. The summed E-state index contributed by atoms with van der Waals surface area (Å²) in [5.74, 6) is 0. The Morgan fingerprint density at radius 2 is 0.810 bits per heavy atom. The van der Waals surface area contributed by atoms with Gasteiger partial charge >= 0.3 is 143 Å². The molecule has 0 aromatic heterocycles. The second-order valence-corrected chi connectivity index (χ2v) is 12.4. The van der Waals surface area contributed by atoms with Crippen molar-refractivity contribution in [2.45, 2.75) is 69.2 Å². The Balaban J connectivity index is 2.47. The number of rotatable bonds is 2. The summed E-state index contributed by atoms with van der Waals surface area (Å²) in [6, 6.07) is 0. The molecule has 0 unspecified atom stereocenters. The van der Waals surface area contributed by atoms with Crippen molar-refractivity contribution in [1.29, 1.82) is 0 Å². The standard InChI is InChI=1S/2C10H15.Hf/c2*1-7-6-10(4,5)9(3)8(7)2;/h2*1-5H3;. The monoisotopic (exact) mass is 450 g/mol. The topological polar surface area (TPSA) is 0 Å². The Bertz CT molecular complexity index is 575. The molecule has 0 aromatic rings. The number of hydrogen-bond donors (Lipinski definition) is 0. The third-order valence-corrected chi connectivity index (χ3v) is 15.4. The fourth-order valence-electron chi connectivity index (χ4n) is 3.81. The normalized spacial score (nSPS) is 24.7. The average Bonchev–Trinajstić information content (AvgIpc) is 2.63. The van der Waals surface area contributed by atoms with Crippen LogP contribution in [-0.2, 0) is 22.9 Å². The molecule has 0 saturated carbocycles. The van der Waals surface area contributed by atoms with Crippen molar-refractivity contribution in [3.05, 3.63) is 40.1 Å². The van der Waals surface area contributed by atoms with Crippen LogP contribution in [0.3, 0.4) is 0 Å². The van der Waals surface area contributed by atoms with Gasteiger partial charge in [0.2, 0.25) is 0 Å². The van der Waals surface area contributed by atoms with Crippen LogP contribution in [0.2, 0.25) is 0 Å². The van der Waals surface area contributed by atoms with E-state index in [9.17, 15) is 0 Å². The molecule has 0 N–H and O–H groups in total. The van der Waals surface area contributed by atoms with Crippen LogP contribution in [0.25, 0.3) is 0 Å².